The van der Waals surface area contributed by atoms with E-state index in [-0.39, 0.29) is 17.6 Å². The Morgan fingerprint density at radius 3 is 2.79 bits per heavy atom. The number of halogens is 1. The van der Waals surface area contributed by atoms with Gasteiger partial charge < -0.3 is 19.6 Å². The molecule has 12 heteroatoms. The summed E-state index contributed by atoms with van der Waals surface area (Å²) < 4.78 is 5.65. The molecule has 1 saturated heterocycles. The van der Waals surface area contributed by atoms with Crippen LogP contribution in [0.3, 0.4) is 0 Å². The van der Waals surface area contributed by atoms with Crippen LogP contribution in [0.2, 0.25) is 0 Å². The van der Waals surface area contributed by atoms with Crippen molar-refractivity contribution in [1.82, 2.24) is 20.3 Å². The number of aryl methyl sites for hydroxylation is 1. The fourth-order valence-electron chi connectivity index (χ4n) is 2.64. The van der Waals surface area contributed by atoms with Gasteiger partial charge in [-0.15, -0.1) is 10.2 Å². The second-order valence-corrected chi connectivity index (χ2v) is 9.14. The summed E-state index contributed by atoms with van der Waals surface area (Å²) in [6, 6.07) is 1.66. The van der Waals surface area contributed by atoms with Crippen molar-refractivity contribution in [3.8, 4) is 0 Å². The van der Waals surface area contributed by atoms with E-state index in [9.17, 15) is 9.59 Å². The SMILES string of the molecule is Cc1cc(NC(=O)CSc2nnc(N3CCN(C(=O)CCCBr)CC3)s2)no1. The third-order valence-electron chi connectivity index (χ3n) is 4.05. The first-order valence-electron chi connectivity index (χ1n) is 8.83. The van der Waals surface area contributed by atoms with Crippen molar-refractivity contribution in [2.45, 2.75) is 24.1 Å². The quantitative estimate of drug-likeness (QED) is 0.445. The van der Waals surface area contributed by atoms with Gasteiger partial charge in [0.15, 0.2) is 10.2 Å². The monoisotopic (exact) mass is 488 g/mol. The van der Waals surface area contributed by atoms with E-state index in [0.717, 1.165) is 34.3 Å². The predicted octanol–water partition coefficient (Wildman–Crippen LogP) is 2.39. The number of carbonyl (C=O) groups is 2. The Morgan fingerprint density at radius 1 is 1.32 bits per heavy atom. The summed E-state index contributed by atoms with van der Waals surface area (Å²) in [5.41, 5.74) is 0. The molecule has 0 aliphatic carbocycles. The van der Waals surface area contributed by atoms with Crippen molar-refractivity contribution in [2.24, 2.45) is 0 Å². The number of hydrogen-bond donors (Lipinski definition) is 1. The topological polar surface area (TPSA) is 104 Å². The molecule has 1 fully saturated rings. The highest BCUT2D eigenvalue weighted by molar-refractivity contribution is 9.09. The summed E-state index contributed by atoms with van der Waals surface area (Å²) in [7, 11) is 0. The lowest BCUT2D eigenvalue weighted by atomic mass is 10.2. The van der Waals surface area contributed by atoms with E-state index in [1.165, 1.54) is 23.1 Å². The molecule has 28 heavy (non-hydrogen) atoms. The molecular formula is C16H21BrN6O3S2. The molecule has 0 bridgehead atoms. The van der Waals surface area contributed by atoms with Crippen LogP contribution in [0.25, 0.3) is 0 Å². The molecule has 3 heterocycles. The second-order valence-electron chi connectivity index (χ2n) is 6.17. The maximum absolute atomic E-state index is 12.1. The van der Waals surface area contributed by atoms with Crippen molar-refractivity contribution in [1.29, 1.82) is 0 Å². The van der Waals surface area contributed by atoms with Crippen LogP contribution in [-0.2, 0) is 9.59 Å². The van der Waals surface area contributed by atoms with Crippen LogP contribution in [0.1, 0.15) is 18.6 Å². The second kappa shape index (κ2) is 10.2. The number of nitrogens with zero attached hydrogens (tertiary/aromatic N) is 5. The minimum atomic E-state index is -0.175. The minimum Gasteiger partial charge on any atom is -0.360 e. The molecule has 1 aliphatic heterocycles. The zero-order valence-electron chi connectivity index (χ0n) is 15.4. The third kappa shape index (κ3) is 5.92. The molecule has 0 aromatic carbocycles. The maximum atomic E-state index is 12.1. The van der Waals surface area contributed by atoms with E-state index in [2.05, 4.69) is 41.5 Å². The van der Waals surface area contributed by atoms with E-state index < -0.39 is 0 Å². The zero-order chi connectivity index (χ0) is 19.9. The fraction of sp³-hybridized carbons (Fsp3) is 0.562. The average Bonchev–Trinajstić information content (AvgIpc) is 3.33. The molecule has 9 nitrogen and oxygen atoms in total. The van der Waals surface area contributed by atoms with Gasteiger partial charge in [-0.25, -0.2) is 0 Å². The summed E-state index contributed by atoms with van der Waals surface area (Å²) in [4.78, 5) is 28.1. The molecule has 0 spiro atoms. The van der Waals surface area contributed by atoms with Crippen LogP contribution in [0.5, 0.6) is 0 Å². The number of piperazine rings is 1. The fourth-order valence-corrected chi connectivity index (χ4v) is 4.62. The Morgan fingerprint density at radius 2 is 2.11 bits per heavy atom. The summed E-state index contributed by atoms with van der Waals surface area (Å²) >= 11 is 6.15. The van der Waals surface area contributed by atoms with Gasteiger partial charge in [0.05, 0.1) is 5.75 Å². The van der Waals surface area contributed by atoms with Gasteiger partial charge in [0.25, 0.3) is 0 Å². The third-order valence-corrected chi connectivity index (χ3v) is 6.72. The molecule has 2 amide bonds. The first-order valence-corrected chi connectivity index (χ1v) is 11.8. The molecule has 0 saturated carbocycles. The molecular weight excluding hydrogens is 468 g/mol. The van der Waals surface area contributed by atoms with Gasteiger partial charge in [-0.2, -0.15) is 0 Å². The van der Waals surface area contributed by atoms with Crippen LogP contribution >= 0.6 is 39.0 Å². The molecule has 1 aliphatic rings. The Balaban J connectivity index is 1.43. The zero-order valence-corrected chi connectivity index (χ0v) is 18.6. The number of amides is 2. The van der Waals surface area contributed by atoms with Crippen LogP contribution in [-0.4, -0.2) is 69.3 Å². The molecule has 2 aromatic heterocycles. The summed E-state index contributed by atoms with van der Waals surface area (Å²) in [6.07, 6.45) is 1.45. The number of hydrogen-bond acceptors (Lipinski definition) is 9. The normalized spacial score (nSPS) is 14.4. The number of anilines is 2. The molecule has 0 radical (unpaired) electrons. The van der Waals surface area contributed by atoms with Crippen molar-refractivity contribution in [2.75, 3.05) is 47.5 Å². The van der Waals surface area contributed by atoms with Gasteiger partial charge in [0, 0.05) is 44.0 Å². The van der Waals surface area contributed by atoms with E-state index in [1.807, 2.05) is 4.90 Å². The lowest BCUT2D eigenvalue weighted by Gasteiger charge is -2.34. The molecule has 3 rings (SSSR count). The van der Waals surface area contributed by atoms with E-state index in [1.54, 1.807) is 13.0 Å². The smallest absolute Gasteiger partial charge is 0.236 e. The Hall–Kier alpha value is -1.66. The van der Waals surface area contributed by atoms with E-state index >= 15 is 0 Å². The van der Waals surface area contributed by atoms with Crippen molar-refractivity contribution < 1.29 is 14.1 Å². The number of nitrogens with one attached hydrogen (secondary N) is 1. The maximum Gasteiger partial charge on any atom is 0.236 e. The van der Waals surface area contributed by atoms with Crippen molar-refractivity contribution in [3.63, 3.8) is 0 Å². The van der Waals surface area contributed by atoms with Crippen LogP contribution in [0, 0.1) is 6.92 Å². The number of alkyl halides is 1. The molecule has 0 unspecified atom stereocenters. The number of rotatable bonds is 8. The lowest BCUT2D eigenvalue weighted by molar-refractivity contribution is -0.131. The first-order chi connectivity index (χ1) is 13.5. The Labute approximate surface area is 179 Å². The Bertz CT molecular complexity index is 806. The van der Waals surface area contributed by atoms with E-state index in [0.29, 0.717) is 31.1 Å². The standard InChI is InChI=1S/C16H21BrN6O3S2/c1-11-9-12(21-26-11)18-13(24)10-27-16-20-19-15(28-16)23-7-5-22(6-8-23)14(25)3-2-4-17/h9H,2-8,10H2,1H3,(H,18,21,24). The predicted molar refractivity (Wildman–Crippen MR) is 112 cm³/mol. The van der Waals surface area contributed by atoms with Gasteiger partial charge in [-0.3, -0.25) is 9.59 Å². The van der Waals surface area contributed by atoms with Crippen molar-refractivity contribution >= 4 is 61.8 Å². The lowest BCUT2D eigenvalue weighted by Crippen LogP contribution is -2.48. The van der Waals surface area contributed by atoms with Gasteiger partial charge >= 0.3 is 0 Å². The van der Waals surface area contributed by atoms with Crippen LogP contribution < -0.4 is 10.2 Å². The largest absolute Gasteiger partial charge is 0.360 e. The van der Waals surface area contributed by atoms with Crippen LogP contribution in [0.4, 0.5) is 10.9 Å². The van der Waals surface area contributed by atoms with Gasteiger partial charge in [-0.05, 0) is 13.3 Å². The highest BCUT2D eigenvalue weighted by Crippen LogP contribution is 2.28. The number of thioether (sulfide) groups is 1. The van der Waals surface area contributed by atoms with Gasteiger partial charge in [-0.1, -0.05) is 44.2 Å². The summed E-state index contributed by atoms with van der Waals surface area (Å²) in [5, 5.41) is 16.5. The molecule has 1 N–H and O–H groups in total. The highest BCUT2D eigenvalue weighted by Gasteiger charge is 2.23. The summed E-state index contributed by atoms with van der Waals surface area (Å²) in [6.45, 7) is 4.64. The van der Waals surface area contributed by atoms with Gasteiger partial charge in [0.1, 0.15) is 5.76 Å². The van der Waals surface area contributed by atoms with Crippen LogP contribution in [0.15, 0.2) is 14.9 Å². The van der Waals surface area contributed by atoms with Crippen molar-refractivity contribution in [3.05, 3.63) is 11.8 Å². The van der Waals surface area contributed by atoms with E-state index in [4.69, 9.17) is 4.52 Å². The summed E-state index contributed by atoms with van der Waals surface area (Å²) in [5.74, 6) is 1.30. The molecule has 2 aromatic rings. The number of carbonyl (C=O) groups excluding carboxylic acids is 2. The van der Waals surface area contributed by atoms with Gasteiger partial charge in [0.2, 0.25) is 16.9 Å². The minimum absolute atomic E-state index is 0.175. The first kappa shape index (κ1) is 21.1. The Kier molecular flexibility index (Phi) is 7.68. The highest BCUT2D eigenvalue weighted by atomic mass is 79.9. The molecule has 152 valence electrons. The average molecular weight is 489 g/mol. The number of aromatic nitrogens is 3. The molecule has 0 atom stereocenters.